The van der Waals surface area contributed by atoms with Crippen LogP contribution in [0.5, 0.6) is 11.6 Å². The molecule has 2 aliphatic rings. The van der Waals surface area contributed by atoms with Crippen molar-refractivity contribution >= 4 is 0 Å². The molecule has 1 atom stereocenters. The zero-order chi connectivity index (χ0) is 21.9. The first-order valence-corrected chi connectivity index (χ1v) is 11.5. The summed E-state index contributed by atoms with van der Waals surface area (Å²) < 4.78 is 23.2. The van der Waals surface area contributed by atoms with E-state index in [1.54, 1.807) is 6.20 Å². The lowest BCUT2D eigenvalue weighted by atomic mass is 10.0. The minimum absolute atomic E-state index is 0.170. The maximum atomic E-state index is 6.17. The van der Waals surface area contributed by atoms with E-state index >= 15 is 0 Å². The number of ether oxygens (including phenoxy) is 3. The molecule has 7 heteroatoms. The van der Waals surface area contributed by atoms with Crippen LogP contribution in [0.2, 0.25) is 0 Å². The molecule has 1 aliphatic carbocycles. The van der Waals surface area contributed by atoms with Gasteiger partial charge in [0.2, 0.25) is 11.7 Å². The molecule has 1 aliphatic heterocycles. The molecule has 32 heavy (non-hydrogen) atoms. The van der Waals surface area contributed by atoms with Crippen LogP contribution in [0.1, 0.15) is 43.7 Å². The SMILES string of the molecule is CCc1c(C)ccc(-c2noc(-c3cccnc3OCC3CCCC3)n2)c1OC[C@@H]1CO1. The highest BCUT2D eigenvalue weighted by Crippen LogP contribution is 2.37. The van der Waals surface area contributed by atoms with Gasteiger partial charge in [-0.3, -0.25) is 0 Å². The molecule has 0 bridgehead atoms. The molecule has 1 saturated heterocycles. The Kier molecular flexibility index (Phi) is 6.08. The Labute approximate surface area is 188 Å². The highest BCUT2D eigenvalue weighted by molar-refractivity contribution is 5.70. The molecule has 5 rings (SSSR count). The molecule has 0 amide bonds. The Morgan fingerprint density at radius 1 is 1.06 bits per heavy atom. The third kappa shape index (κ3) is 4.48. The van der Waals surface area contributed by atoms with Crippen molar-refractivity contribution in [3.63, 3.8) is 0 Å². The van der Waals surface area contributed by atoms with Crippen LogP contribution in [0.15, 0.2) is 35.0 Å². The van der Waals surface area contributed by atoms with Crippen molar-refractivity contribution < 1.29 is 18.7 Å². The fourth-order valence-electron chi connectivity index (χ4n) is 4.33. The van der Waals surface area contributed by atoms with Gasteiger partial charge in [0.15, 0.2) is 0 Å². The summed E-state index contributed by atoms with van der Waals surface area (Å²) in [4.78, 5) is 9.11. The van der Waals surface area contributed by atoms with Crippen LogP contribution in [-0.2, 0) is 11.2 Å². The number of epoxide rings is 1. The summed E-state index contributed by atoms with van der Waals surface area (Å²) in [5.41, 5.74) is 3.86. The fraction of sp³-hybridized carbons (Fsp3) is 0.480. The second-order valence-corrected chi connectivity index (χ2v) is 8.60. The van der Waals surface area contributed by atoms with Gasteiger partial charge in [0, 0.05) is 6.20 Å². The van der Waals surface area contributed by atoms with E-state index in [9.17, 15) is 0 Å². The van der Waals surface area contributed by atoms with Crippen molar-refractivity contribution in [2.45, 2.75) is 52.1 Å². The quantitative estimate of drug-likeness (QED) is 0.437. The monoisotopic (exact) mass is 435 g/mol. The minimum atomic E-state index is 0.170. The van der Waals surface area contributed by atoms with E-state index in [2.05, 4.69) is 30.1 Å². The number of aromatic nitrogens is 3. The smallest absolute Gasteiger partial charge is 0.263 e. The molecule has 0 spiro atoms. The van der Waals surface area contributed by atoms with E-state index in [1.165, 1.54) is 31.2 Å². The van der Waals surface area contributed by atoms with Crippen molar-refractivity contribution in [2.75, 3.05) is 19.8 Å². The van der Waals surface area contributed by atoms with Crippen molar-refractivity contribution in [2.24, 2.45) is 5.92 Å². The standard InChI is InChI=1S/C25H29N3O4/c1-3-19-16(2)10-11-20(22(19)30-15-18-14-29-18)23-27-25(32-28-23)21-9-6-12-26-24(21)31-13-17-7-4-5-8-17/h6,9-12,17-18H,3-5,7-8,13-15H2,1-2H3/t18-/m0/s1. The summed E-state index contributed by atoms with van der Waals surface area (Å²) in [7, 11) is 0. The molecular formula is C25H29N3O4. The predicted molar refractivity (Wildman–Crippen MR) is 120 cm³/mol. The molecular weight excluding hydrogens is 406 g/mol. The second-order valence-electron chi connectivity index (χ2n) is 8.60. The van der Waals surface area contributed by atoms with E-state index in [4.69, 9.17) is 23.7 Å². The Bertz CT molecular complexity index is 1070. The summed E-state index contributed by atoms with van der Waals surface area (Å²) in [6.07, 6.45) is 7.75. The maximum Gasteiger partial charge on any atom is 0.263 e. The van der Waals surface area contributed by atoms with Crippen LogP contribution in [0.25, 0.3) is 22.8 Å². The van der Waals surface area contributed by atoms with Gasteiger partial charge >= 0.3 is 0 Å². The lowest BCUT2D eigenvalue weighted by molar-refractivity contribution is 0.244. The van der Waals surface area contributed by atoms with Crippen molar-refractivity contribution in [3.8, 4) is 34.5 Å². The predicted octanol–water partition coefficient (Wildman–Crippen LogP) is 5.02. The molecule has 2 fully saturated rings. The minimum Gasteiger partial charge on any atom is -0.490 e. The van der Waals surface area contributed by atoms with Crippen molar-refractivity contribution in [1.29, 1.82) is 0 Å². The van der Waals surface area contributed by atoms with Crippen LogP contribution < -0.4 is 9.47 Å². The first kappa shape index (κ1) is 20.9. The van der Waals surface area contributed by atoms with Gasteiger partial charge in [0.05, 0.1) is 18.8 Å². The zero-order valence-corrected chi connectivity index (χ0v) is 18.7. The summed E-state index contributed by atoms with van der Waals surface area (Å²) in [5.74, 6) is 2.82. The highest BCUT2D eigenvalue weighted by Gasteiger charge is 2.26. The van der Waals surface area contributed by atoms with Crippen LogP contribution in [0.3, 0.4) is 0 Å². The molecule has 7 nitrogen and oxygen atoms in total. The normalized spacial score (nSPS) is 18.1. The number of pyridine rings is 1. The van der Waals surface area contributed by atoms with Gasteiger partial charge < -0.3 is 18.7 Å². The summed E-state index contributed by atoms with van der Waals surface area (Å²) >= 11 is 0. The van der Waals surface area contributed by atoms with Crippen molar-refractivity contribution in [3.05, 3.63) is 41.6 Å². The largest absolute Gasteiger partial charge is 0.490 e. The number of hydrogen-bond donors (Lipinski definition) is 0. The lowest BCUT2D eigenvalue weighted by Crippen LogP contribution is -2.09. The van der Waals surface area contributed by atoms with Crippen LogP contribution >= 0.6 is 0 Å². The first-order valence-electron chi connectivity index (χ1n) is 11.5. The molecule has 2 aromatic heterocycles. The van der Waals surface area contributed by atoms with Gasteiger partial charge in [0.25, 0.3) is 5.89 Å². The van der Waals surface area contributed by atoms with E-state index in [0.29, 0.717) is 42.3 Å². The molecule has 168 valence electrons. The Hall–Kier alpha value is -2.93. The third-order valence-corrected chi connectivity index (χ3v) is 6.26. The molecule has 0 N–H and O–H groups in total. The molecule has 0 unspecified atom stereocenters. The van der Waals surface area contributed by atoms with E-state index in [-0.39, 0.29) is 6.10 Å². The second kappa shape index (κ2) is 9.28. The van der Waals surface area contributed by atoms with E-state index < -0.39 is 0 Å². The van der Waals surface area contributed by atoms with Crippen molar-refractivity contribution in [1.82, 2.24) is 15.1 Å². The topological polar surface area (TPSA) is 82.8 Å². The molecule has 3 aromatic rings. The molecule has 1 saturated carbocycles. The van der Waals surface area contributed by atoms with Crippen LogP contribution in [-0.4, -0.2) is 41.0 Å². The summed E-state index contributed by atoms with van der Waals surface area (Å²) in [6, 6.07) is 7.83. The van der Waals surface area contributed by atoms with Gasteiger partial charge in [-0.15, -0.1) is 0 Å². The number of aryl methyl sites for hydroxylation is 1. The Morgan fingerprint density at radius 3 is 2.69 bits per heavy atom. The fourth-order valence-corrected chi connectivity index (χ4v) is 4.33. The van der Waals surface area contributed by atoms with Crippen LogP contribution in [0, 0.1) is 12.8 Å². The van der Waals surface area contributed by atoms with E-state index in [0.717, 1.165) is 29.9 Å². The Morgan fingerprint density at radius 2 is 1.91 bits per heavy atom. The average molecular weight is 436 g/mol. The number of rotatable bonds is 9. The van der Waals surface area contributed by atoms with Gasteiger partial charge in [-0.1, -0.05) is 31.0 Å². The Balaban J connectivity index is 1.43. The third-order valence-electron chi connectivity index (χ3n) is 6.26. The van der Waals surface area contributed by atoms with Crippen LogP contribution in [0.4, 0.5) is 0 Å². The molecule has 3 heterocycles. The number of nitrogens with zero attached hydrogens (tertiary/aromatic N) is 3. The van der Waals surface area contributed by atoms with Gasteiger partial charge in [0.1, 0.15) is 24.0 Å². The highest BCUT2D eigenvalue weighted by atomic mass is 16.6. The maximum absolute atomic E-state index is 6.17. The van der Waals surface area contributed by atoms with Gasteiger partial charge in [-0.25, -0.2) is 4.98 Å². The van der Waals surface area contributed by atoms with Gasteiger partial charge in [-0.05, 0) is 61.4 Å². The lowest BCUT2D eigenvalue weighted by Gasteiger charge is -2.15. The average Bonchev–Trinajstić information content (AvgIpc) is 3.27. The molecule has 0 radical (unpaired) electrons. The summed E-state index contributed by atoms with van der Waals surface area (Å²) in [5, 5.41) is 4.27. The number of hydrogen-bond acceptors (Lipinski definition) is 7. The summed E-state index contributed by atoms with van der Waals surface area (Å²) in [6.45, 7) is 6.16. The van der Waals surface area contributed by atoms with Gasteiger partial charge in [-0.2, -0.15) is 4.98 Å². The number of benzene rings is 1. The molecule has 1 aromatic carbocycles. The van der Waals surface area contributed by atoms with E-state index in [1.807, 2.05) is 18.2 Å². The zero-order valence-electron chi connectivity index (χ0n) is 18.7. The first-order chi connectivity index (χ1) is 15.7.